The van der Waals surface area contributed by atoms with E-state index in [2.05, 4.69) is 4.98 Å². The van der Waals surface area contributed by atoms with Crippen molar-refractivity contribution in [3.05, 3.63) is 58.8 Å². The Morgan fingerprint density at radius 1 is 1.24 bits per heavy atom. The summed E-state index contributed by atoms with van der Waals surface area (Å²) in [5.41, 5.74) is -0.0841. The first-order valence-corrected chi connectivity index (χ1v) is 5.01. The molecule has 2 aromatic rings. The van der Waals surface area contributed by atoms with Crippen molar-refractivity contribution in [1.82, 2.24) is 9.55 Å². The van der Waals surface area contributed by atoms with Crippen LogP contribution in [-0.4, -0.2) is 9.55 Å². The van der Waals surface area contributed by atoms with Gasteiger partial charge < -0.3 is 0 Å². The van der Waals surface area contributed by atoms with Gasteiger partial charge in [-0.2, -0.15) is 8.78 Å². The fourth-order valence-corrected chi connectivity index (χ4v) is 1.43. The maximum Gasteiger partial charge on any atom is 0.286 e. The minimum Gasteiger partial charge on any atom is -0.283 e. The molecular formula is C12H10F2N2O. The van der Waals surface area contributed by atoms with Crippen LogP contribution in [0.4, 0.5) is 8.78 Å². The number of hydrogen-bond donors (Lipinski definition) is 0. The van der Waals surface area contributed by atoms with Gasteiger partial charge in [0.1, 0.15) is 5.69 Å². The highest BCUT2D eigenvalue weighted by Crippen LogP contribution is 2.24. The Kier molecular flexibility index (Phi) is 2.75. The van der Waals surface area contributed by atoms with Gasteiger partial charge >= 0.3 is 0 Å². The van der Waals surface area contributed by atoms with E-state index in [4.69, 9.17) is 0 Å². The maximum absolute atomic E-state index is 12.9. The molecule has 2 heterocycles. The van der Waals surface area contributed by atoms with E-state index in [0.29, 0.717) is 5.69 Å². The van der Waals surface area contributed by atoms with Gasteiger partial charge in [-0.15, -0.1) is 0 Å². The van der Waals surface area contributed by atoms with Crippen LogP contribution in [0.15, 0.2) is 47.5 Å². The molecule has 0 aliphatic rings. The summed E-state index contributed by atoms with van der Waals surface area (Å²) in [6.45, 7) is 0.781. The van der Waals surface area contributed by atoms with Crippen molar-refractivity contribution in [3.63, 3.8) is 0 Å². The van der Waals surface area contributed by atoms with E-state index in [0.717, 1.165) is 6.92 Å². The number of halogens is 2. The summed E-state index contributed by atoms with van der Waals surface area (Å²) in [5.74, 6) is -2.97. The number of pyridine rings is 2. The summed E-state index contributed by atoms with van der Waals surface area (Å²) < 4.78 is 27.2. The Balaban J connectivity index is 2.44. The van der Waals surface area contributed by atoms with E-state index in [9.17, 15) is 13.6 Å². The molecule has 0 saturated heterocycles. The van der Waals surface area contributed by atoms with Crippen LogP contribution in [-0.2, 0) is 5.92 Å². The van der Waals surface area contributed by atoms with Crippen molar-refractivity contribution in [3.8, 4) is 5.69 Å². The zero-order chi connectivity index (χ0) is 12.5. The van der Waals surface area contributed by atoms with E-state index >= 15 is 0 Å². The largest absolute Gasteiger partial charge is 0.286 e. The van der Waals surface area contributed by atoms with Crippen molar-refractivity contribution < 1.29 is 8.78 Å². The topological polar surface area (TPSA) is 34.9 Å². The van der Waals surface area contributed by atoms with E-state index in [1.165, 1.54) is 29.0 Å². The third-order valence-electron chi connectivity index (χ3n) is 2.30. The smallest absolute Gasteiger partial charge is 0.283 e. The average molecular weight is 236 g/mol. The highest BCUT2D eigenvalue weighted by Gasteiger charge is 2.25. The number of rotatable bonds is 2. The van der Waals surface area contributed by atoms with Gasteiger partial charge in [-0.3, -0.25) is 14.3 Å². The first-order valence-electron chi connectivity index (χ1n) is 5.01. The lowest BCUT2D eigenvalue weighted by atomic mass is 10.2. The zero-order valence-electron chi connectivity index (χ0n) is 9.10. The van der Waals surface area contributed by atoms with E-state index in [1.54, 1.807) is 18.3 Å². The second-order valence-electron chi connectivity index (χ2n) is 3.70. The van der Waals surface area contributed by atoms with Crippen molar-refractivity contribution in [2.45, 2.75) is 12.8 Å². The normalized spacial score (nSPS) is 11.5. The molecule has 0 fully saturated rings. The van der Waals surface area contributed by atoms with Gasteiger partial charge in [-0.25, -0.2) is 0 Å². The van der Waals surface area contributed by atoms with Crippen LogP contribution in [0.25, 0.3) is 5.69 Å². The predicted octanol–water partition coefficient (Wildman–Crippen LogP) is 2.34. The third kappa shape index (κ3) is 2.38. The molecule has 0 aliphatic heterocycles. The molecule has 0 aliphatic carbocycles. The summed E-state index contributed by atoms with van der Waals surface area (Å²) in [6, 6.07) is 7.35. The first kappa shape index (κ1) is 11.4. The molecule has 0 bridgehead atoms. The lowest BCUT2D eigenvalue weighted by Gasteiger charge is -2.10. The average Bonchev–Trinajstić information content (AvgIpc) is 2.29. The first-order chi connectivity index (χ1) is 7.98. The van der Waals surface area contributed by atoms with Gasteiger partial charge in [-0.05, 0) is 18.2 Å². The van der Waals surface area contributed by atoms with Crippen molar-refractivity contribution in [2.24, 2.45) is 0 Å². The molecule has 0 aromatic carbocycles. The molecule has 0 amide bonds. The van der Waals surface area contributed by atoms with Crippen LogP contribution >= 0.6 is 0 Å². The lowest BCUT2D eigenvalue weighted by Crippen LogP contribution is -2.16. The number of nitrogens with zero attached hydrogens (tertiary/aromatic N) is 2. The van der Waals surface area contributed by atoms with Crippen LogP contribution in [0, 0.1) is 0 Å². The molecular weight excluding hydrogens is 226 g/mol. The summed E-state index contributed by atoms with van der Waals surface area (Å²) in [4.78, 5) is 15.1. The summed E-state index contributed by atoms with van der Waals surface area (Å²) in [6.07, 6.45) is 2.82. The lowest BCUT2D eigenvalue weighted by molar-refractivity contribution is 0.0128. The number of alkyl halides is 2. The minimum atomic E-state index is -2.97. The monoisotopic (exact) mass is 236 g/mol. The molecule has 2 rings (SSSR count). The van der Waals surface area contributed by atoms with Gasteiger partial charge in [0.15, 0.2) is 0 Å². The molecule has 17 heavy (non-hydrogen) atoms. The molecule has 5 heteroatoms. The number of aromatic nitrogens is 2. The quantitative estimate of drug-likeness (QED) is 0.802. The molecule has 88 valence electrons. The van der Waals surface area contributed by atoms with Gasteiger partial charge in [0.25, 0.3) is 11.5 Å². The Labute approximate surface area is 96.4 Å². The standard InChI is InChI=1S/C12H10F2N2O/c1-12(13,14)10-6-5-9(8-15-10)16-7-3-2-4-11(16)17/h2-8H,1H3. The van der Waals surface area contributed by atoms with Gasteiger partial charge in [0, 0.05) is 19.2 Å². The second-order valence-corrected chi connectivity index (χ2v) is 3.70. The molecule has 2 aromatic heterocycles. The van der Waals surface area contributed by atoms with E-state index in [-0.39, 0.29) is 11.3 Å². The van der Waals surface area contributed by atoms with Crippen LogP contribution in [0.3, 0.4) is 0 Å². The molecule has 0 radical (unpaired) electrons. The summed E-state index contributed by atoms with van der Waals surface area (Å²) in [5, 5.41) is 0. The van der Waals surface area contributed by atoms with Gasteiger partial charge in [-0.1, -0.05) is 6.07 Å². The predicted molar refractivity (Wildman–Crippen MR) is 59.4 cm³/mol. The van der Waals surface area contributed by atoms with Crippen LogP contribution in [0.1, 0.15) is 12.6 Å². The molecule has 0 atom stereocenters. The number of hydrogen-bond acceptors (Lipinski definition) is 2. The van der Waals surface area contributed by atoms with Crippen LogP contribution in [0.5, 0.6) is 0 Å². The van der Waals surface area contributed by atoms with Crippen molar-refractivity contribution >= 4 is 0 Å². The SMILES string of the molecule is CC(F)(F)c1ccc(-n2ccccc2=O)cn1. The van der Waals surface area contributed by atoms with Gasteiger partial charge in [0.05, 0.1) is 11.9 Å². The molecule has 0 N–H and O–H groups in total. The van der Waals surface area contributed by atoms with Crippen LogP contribution < -0.4 is 5.56 Å². The van der Waals surface area contributed by atoms with E-state index in [1.807, 2.05) is 0 Å². The zero-order valence-corrected chi connectivity index (χ0v) is 9.10. The molecule has 0 unspecified atom stereocenters. The Bertz CT molecular complexity index is 570. The highest BCUT2D eigenvalue weighted by atomic mass is 19.3. The fourth-order valence-electron chi connectivity index (χ4n) is 1.43. The molecule has 0 saturated carbocycles. The Hall–Kier alpha value is -2.04. The highest BCUT2D eigenvalue weighted by molar-refractivity contribution is 5.30. The molecule has 3 nitrogen and oxygen atoms in total. The minimum absolute atomic E-state index is 0.231. The Morgan fingerprint density at radius 3 is 2.53 bits per heavy atom. The molecule has 0 spiro atoms. The van der Waals surface area contributed by atoms with E-state index < -0.39 is 5.92 Å². The van der Waals surface area contributed by atoms with Crippen LogP contribution in [0.2, 0.25) is 0 Å². The van der Waals surface area contributed by atoms with Crippen molar-refractivity contribution in [2.75, 3.05) is 0 Å². The summed E-state index contributed by atoms with van der Waals surface area (Å²) in [7, 11) is 0. The second kappa shape index (κ2) is 4.08. The summed E-state index contributed by atoms with van der Waals surface area (Å²) >= 11 is 0. The van der Waals surface area contributed by atoms with Crippen molar-refractivity contribution in [1.29, 1.82) is 0 Å². The third-order valence-corrected chi connectivity index (χ3v) is 2.30. The fraction of sp³-hybridized carbons (Fsp3) is 0.167. The maximum atomic E-state index is 12.9. The Morgan fingerprint density at radius 2 is 2.00 bits per heavy atom. The van der Waals surface area contributed by atoms with Gasteiger partial charge in [0.2, 0.25) is 0 Å².